The third-order valence-electron chi connectivity index (χ3n) is 2.02. The minimum Gasteiger partial charge on any atom is -0.355 e. The van der Waals surface area contributed by atoms with Crippen LogP contribution in [0.4, 0.5) is 0 Å². The Morgan fingerprint density at radius 1 is 1.58 bits per heavy atom. The van der Waals surface area contributed by atoms with Gasteiger partial charge in [0, 0.05) is 26.1 Å². The zero-order valence-corrected chi connectivity index (χ0v) is 7.38. The number of amides is 1. The number of nitrogens with one attached hydrogen (secondary N) is 1. The molecule has 1 saturated heterocycles. The number of rotatable bonds is 2. The van der Waals surface area contributed by atoms with Crippen LogP contribution in [0.5, 0.6) is 0 Å². The third kappa shape index (κ3) is 3.05. The molecule has 1 amide bonds. The van der Waals surface area contributed by atoms with Gasteiger partial charge in [-0.25, -0.2) is 0 Å². The van der Waals surface area contributed by atoms with Crippen LogP contribution in [-0.2, 0) is 4.79 Å². The molecule has 68 valence electrons. The largest absolute Gasteiger partial charge is 0.355 e. The van der Waals surface area contributed by atoms with E-state index in [9.17, 15) is 4.79 Å². The van der Waals surface area contributed by atoms with Crippen LogP contribution in [0.2, 0.25) is 0 Å². The van der Waals surface area contributed by atoms with Gasteiger partial charge in [-0.3, -0.25) is 9.69 Å². The molecule has 1 N–H and O–H groups in total. The molecule has 0 radical (unpaired) electrons. The Bertz CT molecular complexity index is 156. The topological polar surface area (TPSA) is 32.3 Å². The van der Waals surface area contributed by atoms with Crippen molar-refractivity contribution in [2.75, 3.05) is 26.2 Å². The van der Waals surface area contributed by atoms with Crippen LogP contribution >= 0.6 is 0 Å². The highest BCUT2D eigenvalue weighted by Crippen LogP contribution is 1.98. The zero-order chi connectivity index (χ0) is 8.81. The first-order valence-corrected chi connectivity index (χ1v) is 4.43. The van der Waals surface area contributed by atoms with Crippen LogP contribution in [0.3, 0.4) is 0 Å². The van der Waals surface area contributed by atoms with Gasteiger partial charge in [0.15, 0.2) is 0 Å². The quantitative estimate of drug-likeness (QED) is 0.605. The smallest absolute Gasteiger partial charge is 0.220 e. The molecule has 1 rings (SSSR count). The number of carbonyl (C=O) groups is 1. The summed E-state index contributed by atoms with van der Waals surface area (Å²) in [5, 5.41) is 2.86. The van der Waals surface area contributed by atoms with Gasteiger partial charge < -0.3 is 5.32 Å². The Balaban J connectivity index is 2.29. The van der Waals surface area contributed by atoms with Crippen molar-refractivity contribution in [3.63, 3.8) is 0 Å². The van der Waals surface area contributed by atoms with E-state index < -0.39 is 0 Å². The minimum absolute atomic E-state index is 0.188. The second kappa shape index (κ2) is 4.93. The maximum atomic E-state index is 11.0. The molecule has 0 bridgehead atoms. The summed E-state index contributed by atoms with van der Waals surface area (Å²) in [6, 6.07) is 0. The molecular formula is C9H16N2O. The first-order valence-electron chi connectivity index (χ1n) is 4.43. The summed E-state index contributed by atoms with van der Waals surface area (Å²) in [6.45, 7) is 7.35. The van der Waals surface area contributed by atoms with Crippen LogP contribution in [0.1, 0.15) is 12.8 Å². The average Bonchev–Trinajstić information content (AvgIpc) is 2.00. The second-order valence-corrected chi connectivity index (χ2v) is 3.04. The van der Waals surface area contributed by atoms with E-state index in [1.54, 1.807) is 0 Å². The molecular weight excluding hydrogens is 152 g/mol. The van der Waals surface area contributed by atoms with Gasteiger partial charge in [0.05, 0.1) is 0 Å². The molecule has 0 aliphatic carbocycles. The van der Waals surface area contributed by atoms with Crippen molar-refractivity contribution in [2.45, 2.75) is 12.8 Å². The van der Waals surface area contributed by atoms with E-state index in [0.717, 1.165) is 32.6 Å². The van der Waals surface area contributed by atoms with Gasteiger partial charge >= 0.3 is 0 Å². The zero-order valence-electron chi connectivity index (χ0n) is 7.38. The molecule has 0 aromatic rings. The highest BCUT2D eigenvalue weighted by atomic mass is 16.1. The summed E-state index contributed by atoms with van der Waals surface area (Å²) in [7, 11) is 0. The van der Waals surface area contributed by atoms with Gasteiger partial charge in [-0.2, -0.15) is 0 Å². The Hall–Kier alpha value is -0.830. The molecule has 3 nitrogen and oxygen atoms in total. The normalized spacial score (nSPS) is 20.8. The second-order valence-electron chi connectivity index (χ2n) is 3.04. The van der Waals surface area contributed by atoms with Crippen molar-refractivity contribution in [3.8, 4) is 0 Å². The van der Waals surface area contributed by atoms with Crippen molar-refractivity contribution in [3.05, 3.63) is 12.7 Å². The van der Waals surface area contributed by atoms with E-state index in [4.69, 9.17) is 0 Å². The van der Waals surface area contributed by atoms with E-state index in [2.05, 4.69) is 16.8 Å². The van der Waals surface area contributed by atoms with Crippen LogP contribution in [0.15, 0.2) is 12.7 Å². The van der Waals surface area contributed by atoms with E-state index in [1.165, 1.54) is 0 Å². The Morgan fingerprint density at radius 3 is 3.17 bits per heavy atom. The number of hydrogen-bond acceptors (Lipinski definition) is 2. The third-order valence-corrected chi connectivity index (χ3v) is 2.02. The fraction of sp³-hybridized carbons (Fsp3) is 0.667. The number of nitrogens with zero attached hydrogens (tertiary/aromatic N) is 1. The molecule has 0 aromatic carbocycles. The fourth-order valence-corrected chi connectivity index (χ4v) is 1.38. The maximum Gasteiger partial charge on any atom is 0.220 e. The fourth-order valence-electron chi connectivity index (χ4n) is 1.38. The van der Waals surface area contributed by atoms with E-state index in [1.807, 2.05) is 6.08 Å². The Labute approximate surface area is 73.4 Å². The van der Waals surface area contributed by atoms with Crippen LogP contribution in [0, 0.1) is 0 Å². The predicted octanol–water partition coefficient (Wildman–Crippen LogP) is 0.384. The molecule has 3 heteroatoms. The molecule has 1 heterocycles. The summed E-state index contributed by atoms with van der Waals surface area (Å²) in [6.07, 6.45) is 3.52. The summed E-state index contributed by atoms with van der Waals surface area (Å²) in [5.41, 5.74) is 0. The van der Waals surface area contributed by atoms with Gasteiger partial charge in [0.1, 0.15) is 0 Å². The summed E-state index contributed by atoms with van der Waals surface area (Å²) >= 11 is 0. The minimum atomic E-state index is 0.188. The van der Waals surface area contributed by atoms with Crippen molar-refractivity contribution < 1.29 is 4.79 Å². The van der Waals surface area contributed by atoms with Crippen molar-refractivity contribution >= 4 is 5.91 Å². The monoisotopic (exact) mass is 168 g/mol. The summed E-state index contributed by atoms with van der Waals surface area (Å²) in [5.74, 6) is 0.188. The molecule has 0 saturated carbocycles. The van der Waals surface area contributed by atoms with E-state index in [-0.39, 0.29) is 5.91 Å². The average molecular weight is 168 g/mol. The van der Waals surface area contributed by atoms with E-state index >= 15 is 0 Å². The lowest BCUT2D eigenvalue weighted by Crippen LogP contribution is -2.38. The standard InChI is InChI=1S/C9H16N2O/c1-2-6-11-7-3-4-9(12)10-5-8-11/h2H,1,3-8H2,(H,10,12). The molecule has 0 aromatic heterocycles. The van der Waals surface area contributed by atoms with Crippen molar-refractivity contribution in [1.82, 2.24) is 10.2 Å². The van der Waals surface area contributed by atoms with Crippen LogP contribution in [-0.4, -0.2) is 37.0 Å². The molecule has 1 aliphatic rings. The first-order chi connectivity index (χ1) is 5.83. The van der Waals surface area contributed by atoms with Crippen LogP contribution in [0.25, 0.3) is 0 Å². The van der Waals surface area contributed by atoms with Gasteiger partial charge in [0.2, 0.25) is 5.91 Å². The van der Waals surface area contributed by atoms with Gasteiger partial charge in [-0.1, -0.05) is 6.08 Å². The van der Waals surface area contributed by atoms with Crippen LogP contribution < -0.4 is 5.32 Å². The lowest BCUT2D eigenvalue weighted by Gasteiger charge is -2.22. The Morgan fingerprint density at radius 2 is 2.42 bits per heavy atom. The Kier molecular flexibility index (Phi) is 3.80. The molecule has 1 fully saturated rings. The molecule has 1 aliphatic heterocycles. The number of carbonyl (C=O) groups excluding carboxylic acids is 1. The van der Waals surface area contributed by atoms with Crippen molar-refractivity contribution in [2.24, 2.45) is 0 Å². The van der Waals surface area contributed by atoms with Gasteiger partial charge in [0.25, 0.3) is 0 Å². The SMILES string of the molecule is C=CCN1CCCC(=O)NCC1. The lowest BCUT2D eigenvalue weighted by molar-refractivity contribution is -0.121. The highest BCUT2D eigenvalue weighted by molar-refractivity contribution is 5.75. The number of hydrogen-bond donors (Lipinski definition) is 1. The highest BCUT2D eigenvalue weighted by Gasteiger charge is 2.09. The van der Waals surface area contributed by atoms with E-state index in [0.29, 0.717) is 6.42 Å². The molecule has 0 atom stereocenters. The summed E-state index contributed by atoms with van der Waals surface area (Å²) < 4.78 is 0. The van der Waals surface area contributed by atoms with Crippen molar-refractivity contribution in [1.29, 1.82) is 0 Å². The van der Waals surface area contributed by atoms with Gasteiger partial charge in [-0.15, -0.1) is 6.58 Å². The van der Waals surface area contributed by atoms with Gasteiger partial charge in [-0.05, 0) is 13.0 Å². The molecule has 12 heavy (non-hydrogen) atoms. The maximum absolute atomic E-state index is 11.0. The molecule has 0 spiro atoms. The lowest BCUT2D eigenvalue weighted by atomic mass is 10.2. The summed E-state index contributed by atoms with van der Waals surface area (Å²) in [4.78, 5) is 13.2. The molecule has 0 unspecified atom stereocenters. The first kappa shape index (κ1) is 9.26. The predicted molar refractivity (Wildman–Crippen MR) is 48.9 cm³/mol.